The maximum Gasteiger partial charge on any atom is 0.306 e. The van der Waals surface area contributed by atoms with Crippen molar-refractivity contribution in [1.82, 2.24) is 10.2 Å². The number of likely N-dealkylation sites (tertiary alicyclic amines) is 1. The SMILES string of the molecule is O=C(N[C@@H]1CC[C@H](C(=O)O)C1)C1CC(=O)N(Cc2ccccc2)C1. The Kier molecular flexibility index (Phi) is 4.83. The van der Waals surface area contributed by atoms with E-state index in [1.54, 1.807) is 4.90 Å². The van der Waals surface area contributed by atoms with E-state index in [2.05, 4.69) is 5.32 Å². The average Bonchev–Trinajstić information content (AvgIpc) is 3.16. The Hall–Kier alpha value is -2.37. The number of aliphatic carboxylic acids is 1. The number of carboxylic acid groups (broad SMARTS) is 1. The fourth-order valence-electron chi connectivity index (χ4n) is 3.56. The maximum absolute atomic E-state index is 12.4. The van der Waals surface area contributed by atoms with Crippen LogP contribution in [-0.4, -0.2) is 40.4 Å². The van der Waals surface area contributed by atoms with Crippen LogP contribution in [-0.2, 0) is 20.9 Å². The van der Waals surface area contributed by atoms with Crippen LogP contribution in [0.1, 0.15) is 31.2 Å². The number of benzene rings is 1. The molecule has 2 amide bonds. The topological polar surface area (TPSA) is 86.7 Å². The Morgan fingerprint density at radius 1 is 1.17 bits per heavy atom. The van der Waals surface area contributed by atoms with Gasteiger partial charge in [0.2, 0.25) is 11.8 Å². The third-order valence-corrected chi connectivity index (χ3v) is 4.93. The summed E-state index contributed by atoms with van der Waals surface area (Å²) < 4.78 is 0. The van der Waals surface area contributed by atoms with Gasteiger partial charge in [0.25, 0.3) is 0 Å². The zero-order valence-electron chi connectivity index (χ0n) is 13.5. The number of nitrogens with zero attached hydrogens (tertiary/aromatic N) is 1. The number of rotatable bonds is 5. The highest BCUT2D eigenvalue weighted by molar-refractivity contribution is 5.89. The van der Waals surface area contributed by atoms with Gasteiger partial charge in [-0.25, -0.2) is 0 Å². The van der Waals surface area contributed by atoms with Gasteiger partial charge in [0, 0.05) is 25.6 Å². The lowest BCUT2D eigenvalue weighted by molar-refractivity contribution is -0.141. The molecular formula is C18H22N2O4. The first kappa shape index (κ1) is 16.5. The Morgan fingerprint density at radius 2 is 1.92 bits per heavy atom. The molecule has 128 valence electrons. The molecule has 6 heteroatoms. The van der Waals surface area contributed by atoms with Gasteiger partial charge in [-0.3, -0.25) is 14.4 Å². The molecule has 1 saturated carbocycles. The number of amides is 2. The van der Waals surface area contributed by atoms with E-state index in [0.29, 0.717) is 32.4 Å². The highest BCUT2D eigenvalue weighted by atomic mass is 16.4. The highest BCUT2D eigenvalue weighted by Crippen LogP contribution is 2.27. The summed E-state index contributed by atoms with van der Waals surface area (Å²) >= 11 is 0. The third kappa shape index (κ3) is 3.75. The second-order valence-corrected chi connectivity index (χ2v) is 6.71. The van der Waals surface area contributed by atoms with Gasteiger partial charge >= 0.3 is 5.97 Å². The quantitative estimate of drug-likeness (QED) is 0.854. The predicted molar refractivity (Wildman–Crippen MR) is 86.9 cm³/mol. The monoisotopic (exact) mass is 330 g/mol. The third-order valence-electron chi connectivity index (χ3n) is 4.93. The average molecular weight is 330 g/mol. The second kappa shape index (κ2) is 7.03. The zero-order chi connectivity index (χ0) is 17.1. The molecule has 0 spiro atoms. The van der Waals surface area contributed by atoms with E-state index in [1.165, 1.54) is 0 Å². The molecule has 0 radical (unpaired) electrons. The van der Waals surface area contributed by atoms with Crippen molar-refractivity contribution in [3.05, 3.63) is 35.9 Å². The lowest BCUT2D eigenvalue weighted by atomic mass is 10.1. The van der Waals surface area contributed by atoms with Crippen molar-refractivity contribution in [1.29, 1.82) is 0 Å². The summed E-state index contributed by atoms with van der Waals surface area (Å²) in [5.41, 5.74) is 1.05. The van der Waals surface area contributed by atoms with Gasteiger partial charge in [-0.15, -0.1) is 0 Å². The number of hydrogen-bond acceptors (Lipinski definition) is 3. The predicted octanol–water partition coefficient (Wildman–Crippen LogP) is 1.40. The van der Waals surface area contributed by atoms with E-state index < -0.39 is 5.97 Å². The van der Waals surface area contributed by atoms with Crippen LogP contribution in [0.25, 0.3) is 0 Å². The molecule has 2 N–H and O–H groups in total. The second-order valence-electron chi connectivity index (χ2n) is 6.71. The van der Waals surface area contributed by atoms with Gasteiger partial charge in [0.15, 0.2) is 0 Å². The molecule has 1 aromatic rings. The van der Waals surface area contributed by atoms with Gasteiger partial charge in [0.1, 0.15) is 0 Å². The van der Waals surface area contributed by atoms with Crippen LogP contribution in [0.3, 0.4) is 0 Å². The first-order valence-electron chi connectivity index (χ1n) is 8.38. The van der Waals surface area contributed by atoms with Crippen molar-refractivity contribution in [2.75, 3.05) is 6.54 Å². The molecule has 3 atom stereocenters. The maximum atomic E-state index is 12.4. The van der Waals surface area contributed by atoms with E-state index in [4.69, 9.17) is 5.11 Å². The van der Waals surface area contributed by atoms with Gasteiger partial charge in [-0.1, -0.05) is 30.3 Å². The van der Waals surface area contributed by atoms with Gasteiger partial charge in [-0.05, 0) is 24.8 Å². The molecule has 1 saturated heterocycles. The Morgan fingerprint density at radius 3 is 2.58 bits per heavy atom. The molecule has 1 heterocycles. The molecule has 1 aliphatic carbocycles. The van der Waals surface area contributed by atoms with E-state index in [1.807, 2.05) is 30.3 Å². The summed E-state index contributed by atoms with van der Waals surface area (Å²) in [5, 5.41) is 12.0. The van der Waals surface area contributed by atoms with Crippen LogP contribution in [0.4, 0.5) is 0 Å². The van der Waals surface area contributed by atoms with Crippen molar-refractivity contribution in [3.8, 4) is 0 Å². The Bertz CT molecular complexity index is 631. The smallest absolute Gasteiger partial charge is 0.306 e. The number of hydrogen-bond donors (Lipinski definition) is 2. The first-order chi connectivity index (χ1) is 11.5. The molecule has 1 aromatic carbocycles. The summed E-state index contributed by atoms with van der Waals surface area (Å²) in [6.45, 7) is 0.947. The minimum Gasteiger partial charge on any atom is -0.481 e. The van der Waals surface area contributed by atoms with E-state index in [9.17, 15) is 14.4 Å². The summed E-state index contributed by atoms with van der Waals surface area (Å²) in [6, 6.07) is 9.63. The molecule has 2 aliphatic rings. The number of carboxylic acids is 1. The van der Waals surface area contributed by atoms with Crippen molar-refractivity contribution in [2.45, 2.75) is 38.3 Å². The highest BCUT2D eigenvalue weighted by Gasteiger charge is 2.37. The first-order valence-corrected chi connectivity index (χ1v) is 8.38. The largest absolute Gasteiger partial charge is 0.481 e. The van der Waals surface area contributed by atoms with Crippen LogP contribution in [0.15, 0.2) is 30.3 Å². The molecule has 0 aromatic heterocycles. The van der Waals surface area contributed by atoms with Crippen molar-refractivity contribution in [2.24, 2.45) is 11.8 Å². The molecule has 2 fully saturated rings. The molecular weight excluding hydrogens is 308 g/mol. The minimum atomic E-state index is -0.795. The molecule has 3 rings (SSSR count). The summed E-state index contributed by atoms with van der Waals surface area (Å²) in [4.78, 5) is 37.2. The lowest BCUT2D eigenvalue weighted by Gasteiger charge is -2.18. The molecule has 1 unspecified atom stereocenters. The van der Waals surface area contributed by atoms with E-state index in [0.717, 1.165) is 5.56 Å². The van der Waals surface area contributed by atoms with Crippen LogP contribution < -0.4 is 5.32 Å². The van der Waals surface area contributed by atoms with Gasteiger partial charge in [-0.2, -0.15) is 0 Å². The minimum absolute atomic E-state index is 0.00571. The number of nitrogens with one attached hydrogen (secondary N) is 1. The van der Waals surface area contributed by atoms with Crippen LogP contribution in [0.2, 0.25) is 0 Å². The summed E-state index contributed by atoms with van der Waals surface area (Å²) in [6.07, 6.45) is 2.00. The molecule has 24 heavy (non-hydrogen) atoms. The fourth-order valence-corrected chi connectivity index (χ4v) is 3.56. The lowest BCUT2D eigenvalue weighted by Crippen LogP contribution is -2.38. The van der Waals surface area contributed by atoms with Crippen molar-refractivity contribution >= 4 is 17.8 Å². The molecule has 6 nitrogen and oxygen atoms in total. The zero-order valence-corrected chi connectivity index (χ0v) is 13.5. The molecule has 0 bridgehead atoms. The van der Waals surface area contributed by atoms with Gasteiger partial charge in [0.05, 0.1) is 11.8 Å². The van der Waals surface area contributed by atoms with Crippen LogP contribution in [0, 0.1) is 11.8 Å². The van der Waals surface area contributed by atoms with E-state index in [-0.39, 0.29) is 36.1 Å². The number of carbonyl (C=O) groups is 3. The van der Waals surface area contributed by atoms with Crippen LogP contribution >= 0.6 is 0 Å². The van der Waals surface area contributed by atoms with Crippen LogP contribution in [0.5, 0.6) is 0 Å². The summed E-state index contributed by atoms with van der Waals surface area (Å²) in [7, 11) is 0. The summed E-state index contributed by atoms with van der Waals surface area (Å²) in [5.74, 6) is -1.64. The fraction of sp³-hybridized carbons (Fsp3) is 0.500. The van der Waals surface area contributed by atoms with Crippen molar-refractivity contribution < 1.29 is 19.5 Å². The Labute approximate surface area is 140 Å². The Balaban J connectivity index is 1.52. The van der Waals surface area contributed by atoms with Gasteiger partial charge < -0.3 is 15.3 Å². The normalized spacial score (nSPS) is 26.6. The van der Waals surface area contributed by atoms with Crippen molar-refractivity contribution in [3.63, 3.8) is 0 Å². The molecule has 1 aliphatic heterocycles. The standard InChI is InChI=1S/C18H22N2O4/c21-16-9-14(11-20(16)10-12-4-2-1-3-5-12)17(22)19-15-7-6-13(8-15)18(23)24/h1-5,13-15H,6-11H2,(H,19,22)(H,23,24)/t13-,14?,15+/m0/s1. The number of carbonyl (C=O) groups excluding carboxylic acids is 2. The van der Waals surface area contributed by atoms with E-state index >= 15 is 0 Å².